The van der Waals surface area contributed by atoms with Gasteiger partial charge in [0, 0.05) is 25.0 Å². The quantitative estimate of drug-likeness (QED) is 0.759. The Kier molecular flexibility index (Phi) is 5.59. The van der Waals surface area contributed by atoms with Crippen molar-refractivity contribution in [1.29, 1.82) is 0 Å². The fraction of sp³-hybridized carbons (Fsp3) is 0.846. The molecule has 0 aromatic heterocycles. The molecule has 3 atom stereocenters. The summed E-state index contributed by atoms with van der Waals surface area (Å²) in [6.45, 7) is 1.75. The van der Waals surface area contributed by atoms with Crippen LogP contribution in [-0.2, 0) is 14.3 Å². The van der Waals surface area contributed by atoms with Gasteiger partial charge < -0.3 is 15.4 Å². The smallest absolute Gasteiger partial charge is 0.306 e. The number of hydrogen-bond donors (Lipinski definition) is 1. The van der Waals surface area contributed by atoms with Crippen LogP contribution in [0, 0.1) is 5.92 Å². The number of amides is 1. The summed E-state index contributed by atoms with van der Waals surface area (Å²) in [7, 11) is 3.12. The van der Waals surface area contributed by atoms with Crippen LogP contribution in [0.1, 0.15) is 39.0 Å². The zero-order valence-electron chi connectivity index (χ0n) is 11.5. The molecule has 0 heterocycles. The Morgan fingerprint density at radius 1 is 1.39 bits per heavy atom. The number of esters is 1. The summed E-state index contributed by atoms with van der Waals surface area (Å²) in [6.07, 6.45) is 4.29. The van der Waals surface area contributed by atoms with Crippen LogP contribution in [0.4, 0.5) is 0 Å². The van der Waals surface area contributed by atoms with E-state index in [1.54, 1.807) is 18.9 Å². The number of rotatable bonds is 4. The van der Waals surface area contributed by atoms with Gasteiger partial charge in [0.1, 0.15) is 0 Å². The van der Waals surface area contributed by atoms with Gasteiger partial charge in [-0.1, -0.05) is 19.8 Å². The molecule has 0 aliphatic heterocycles. The van der Waals surface area contributed by atoms with Gasteiger partial charge in [0.2, 0.25) is 5.91 Å². The molecule has 1 aliphatic carbocycles. The maximum absolute atomic E-state index is 12.2. The van der Waals surface area contributed by atoms with E-state index >= 15 is 0 Å². The minimum Gasteiger partial charge on any atom is -0.469 e. The molecule has 0 aromatic rings. The molecule has 1 aliphatic rings. The summed E-state index contributed by atoms with van der Waals surface area (Å²) in [5.41, 5.74) is 6.06. The molecule has 5 nitrogen and oxygen atoms in total. The fourth-order valence-electron chi connectivity index (χ4n) is 2.55. The van der Waals surface area contributed by atoms with Crippen molar-refractivity contribution < 1.29 is 14.3 Å². The maximum atomic E-state index is 12.2. The average molecular weight is 256 g/mol. The molecule has 0 radical (unpaired) electrons. The van der Waals surface area contributed by atoms with Crippen molar-refractivity contribution in [3.05, 3.63) is 0 Å². The monoisotopic (exact) mass is 256 g/mol. The van der Waals surface area contributed by atoms with E-state index in [2.05, 4.69) is 4.74 Å². The van der Waals surface area contributed by atoms with Gasteiger partial charge in [-0.15, -0.1) is 0 Å². The van der Waals surface area contributed by atoms with Gasteiger partial charge in [0.25, 0.3) is 0 Å². The Hall–Kier alpha value is -1.10. The van der Waals surface area contributed by atoms with Gasteiger partial charge in [0.05, 0.1) is 13.5 Å². The van der Waals surface area contributed by atoms with Gasteiger partial charge in [-0.2, -0.15) is 0 Å². The largest absolute Gasteiger partial charge is 0.469 e. The summed E-state index contributed by atoms with van der Waals surface area (Å²) in [6, 6.07) is 0.157. The second kappa shape index (κ2) is 6.73. The highest BCUT2D eigenvalue weighted by atomic mass is 16.5. The van der Waals surface area contributed by atoms with Gasteiger partial charge in [-0.3, -0.25) is 9.59 Å². The SMILES string of the molecule is COC(=O)C[C@@H](C)C(=O)N(C)[C@H]1CCCC[C@@H]1N. The van der Waals surface area contributed by atoms with Crippen LogP contribution < -0.4 is 5.73 Å². The van der Waals surface area contributed by atoms with Crippen molar-refractivity contribution in [3.8, 4) is 0 Å². The molecule has 18 heavy (non-hydrogen) atoms. The minimum absolute atomic E-state index is 0.0252. The van der Waals surface area contributed by atoms with E-state index < -0.39 is 0 Å². The summed E-state index contributed by atoms with van der Waals surface area (Å²) in [5, 5.41) is 0. The number of nitrogens with zero attached hydrogens (tertiary/aromatic N) is 1. The molecule has 0 saturated heterocycles. The van der Waals surface area contributed by atoms with Crippen molar-refractivity contribution in [3.63, 3.8) is 0 Å². The van der Waals surface area contributed by atoms with Crippen LogP contribution in [0.5, 0.6) is 0 Å². The van der Waals surface area contributed by atoms with Gasteiger partial charge >= 0.3 is 5.97 Å². The second-order valence-corrected chi connectivity index (χ2v) is 5.15. The Bertz CT molecular complexity index is 307. The number of methoxy groups -OCH3 is 1. The molecule has 1 amide bonds. The molecule has 0 spiro atoms. The number of ether oxygens (including phenoxy) is 1. The molecule has 5 heteroatoms. The highest BCUT2D eigenvalue weighted by Gasteiger charge is 2.31. The Labute approximate surface area is 109 Å². The van der Waals surface area contributed by atoms with Gasteiger partial charge in [-0.05, 0) is 12.8 Å². The highest BCUT2D eigenvalue weighted by molar-refractivity contribution is 5.83. The average Bonchev–Trinajstić information content (AvgIpc) is 2.37. The van der Waals surface area contributed by atoms with E-state index in [0.717, 1.165) is 25.7 Å². The summed E-state index contributed by atoms with van der Waals surface area (Å²) < 4.78 is 4.58. The normalized spacial score (nSPS) is 25.3. The maximum Gasteiger partial charge on any atom is 0.306 e. The number of nitrogens with two attached hydrogens (primary N) is 1. The van der Waals surface area contributed by atoms with Crippen molar-refractivity contribution >= 4 is 11.9 Å². The first-order valence-corrected chi connectivity index (χ1v) is 6.56. The molecule has 1 fully saturated rings. The van der Waals surface area contributed by atoms with Crippen molar-refractivity contribution in [2.75, 3.05) is 14.2 Å². The molecule has 1 rings (SSSR count). The third kappa shape index (κ3) is 3.70. The fourth-order valence-corrected chi connectivity index (χ4v) is 2.55. The third-order valence-electron chi connectivity index (χ3n) is 3.75. The zero-order valence-corrected chi connectivity index (χ0v) is 11.5. The lowest BCUT2D eigenvalue weighted by Crippen LogP contribution is -2.51. The molecule has 2 N–H and O–H groups in total. The Balaban J connectivity index is 2.56. The molecular weight excluding hydrogens is 232 g/mol. The van der Waals surface area contributed by atoms with E-state index in [0.29, 0.717) is 0 Å². The van der Waals surface area contributed by atoms with E-state index in [9.17, 15) is 9.59 Å². The van der Waals surface area contributed by atoms with Crippen molar-refractivity contribution in [2.24, 2.45) is 11.7 Å². The molecule has 0 bridgehead atoms. The van der Waals surface area contributed by atoms with E-state index in [1.807, 2.05) is 0 Å². The molecule has 104 valence electrons. The van der Waals surface area contributed by atoms with Gasteiger partial charge in [-0.25, -0.2) is 0 Å². The molecule has 0 unspecified atom stereocenters. The molecular formula is C13H24N2O3. The molecule has 1 saturated carbocycles. The van der Waals surface area contributed by atoms with Crippen LogP contribution in [-0.4, -0.2) is 43.0 Å². The van der Waals surface area contributed by atoms with Crippen LogP contribution in [0.15, 0.2) is 0 Å². The van der Waals surface area contributed by atoms with Crippen molar-refractivity contribution in [2.45, 2.75) is 51.1 Å². The van der Waals surface area contributed by atoms with E-state index in [1.165, 1.54) is 7.11 Å². The van der Waals surface area contributed by atoms with E-state index in [-0.39, 0.29) is 36.3 Å². The summed E-state index contributed by atoms with van der Waals surface area (Å²) >= 11 is 0. The second-order valence-electron chi connectivity index (χ2n) is 5.15. The number of carbonyl (C=O) groups excluding carboxylic acids is 2. The zero-order chi connectivity index (χ0) is 13.7. The lowest BCUT2D eigenvalue weighted by atomic mass is 9.89. The summed E-state index contributed by atoms with van der Waals surface area (Å²) in [4.78, 5) is 25.1. The van der Waals surface area contributed by atoms with Gasteiger partial charge in [0.15, 0.2) is 0 Å². The number of carbonyl (C=O) groups is 2. The highest BCUT2D eigenvalue weighted by Crippen LogP contribution is 2.22. The summed E-state index contributed by atoms with van der Waals surface area (Å²) in [5.74, 6) is -0.725. The Morgan fingerprint density at radius 3 is 2.56 bits per heavy atom. The van der Waals surface area contributed by atoms with Crippen LogP contribution in [0.3, 0.4) is 0 Å². The first-order valence-electron chi connectivity index (χ1n) is 6.56. The first-order chi connectivity index (χ1) is 8.47. The van der Waals surface area contributed by atoms with Crippen LogP contribution in [0.2, 0.25) is 0 Å². The molecule has 0 aromatic carbocycles. The number of hydrogen-bond acceptors (Lipinski definition) is 4. The predicted octanol–water partition coefficient (Wildman–Crippen LogP) is 0.914. The predicted molar refractivity (Wildman–Crippen MR) is 68.8 cm³/mol. The minimum atomic E-state index is -0.350. The number of likely N-dealkylation sites (N-methyl/N-ethyl adjacent to an activating group) is 1. The first kappa shape index (κ1) is 15.0. The van der Waals surface area contributed by atoms with Crippen LogP contribution in [0.25, 0.3) is 0 Å². The standard InChI is InChI=1S/C13H24N2O3/c1-9(8-12(16)18-3)13(17)15(2)11-7-5-4-6-10(11)14/h9-11H,4-8,14H2,1-3H3/t9-,10+,11+/m1/s1. The van der Waals surface area contributed by atoms with E-state index in [4.69, 9.17) is 5.73 Å². The van der Waals surface area contributed by atoms with Crippen LogP contribution >= 0.6 is 0 Å². The topological polar surface area (TPSA) is 72.6 Å². The third-order valence-corrected chi connectivity index (χ3v) is 3.75. The lowest BCUT2D eigenvalue weighted by molar-refractivity contribution is -0.147. The lowest BCUT2D eigenvalue weighted by Gasteiger charge is -2.37. The Morgan fingerprint density at radius 2 is 2.00 bits per heavy atom. The van der Waals surface area contributed by atoms with Crippen molar-refractivity contribution in [1.82, 2.24) is 4.90 Å².